The van der Waals surface area contributed by atoms with E-state index in [1.54, 1.807) is 24.1 Å². The molecule has 0 bridgehead atoms. The number of carbonyl (C=O) groups is 2. The lowest BCUT2D eigenvalue weighted by atomic mass is 10.1. The van der Waals surface area contributed by atoms with E-state index in [4.69, 9.17) is 0 Å². The zero-order chi connectivity index (χ0) is 14.5. The van der Waals surface area contributed by atoms with Crippen LogP contribution >= 0.6 is 0 Å². The predicted octanol–water partition coefficient (Wildman–Crippen LogP) is -0.104. The number of likely N-dealkylation sites (N-methyl/N-ethyl adjacent to an activating group) is 1. The van der Waals surface area contributed by atoms with Gasteiger partial charge in [-0.25, -0.2) is 0 Å². The fourth-order valence-corrected chi connectivity index (χ4v) is 2.21. The van der Waals surface area contributed by atoms with Crippen LogP contribution in [0.5, 0.6) is 5.75 Å². The first kappa shape index (κ1) is 14.3. The van der Waals surface area contributed by atoms with Gasteiger partial charge in [-0.2, -0.15) is 0 Å². The second-order valence-corrected chi connectivity index (χ2v) is 4.79. The van der Waals surface area contributed by atoms with Crippen LogP contribution in [0.2, 0.25) is 0 Å². The molecule has 2 rings (SSSR count). The van der Waals surface area contributed by atoms with Gasteiger partial charge in [-0.3, -0.25) is 14.5 Å². The summed E-state index contributed by atoms with van der Waals surface area (Å²) < 4.78 is 0. The fraction of sp³-hybridized carbons (Fsp3) is 0.429. The molecule has 1 heterocycles. The minimum absolute atomic E-state index is 0.0160. The Hall–Kier alpha value is -2.08. The van der Waals surface area contributed by atoms with Gasteiger partial charge in [-0.15, -0.1) is 0 Å². The molecular weight excluding hydrogens is 258 g/mol. The number of benzene rings is 1. The van der Waals surface area contributed by atoms with Gasteiger partial charge < -0.3 is 15.3 Å². The Bertz CT molecular complexity index is 496. The zero-order valence-electron chi connectivity index (χ0n) is 11.5. The number of phenols is 1. The van der Waals surface area contributed by atoms with Crippen LogP contribution < -0.4 is 5.32 Å². The van der Waals surface area contributed by atoms with E-state index in [9.17, 15) is 14.7 Å². The van der Waals surface area contributed by atoms with Crippen LogP contribution in [-0.2, 0) is 4.79 Å². The smallest absolute Gasteiger partial charge is 0.254 e. The molecule has 0 spiro atoms. The van der Waals surface area contributed by atoms with Crippen molar-refractivity contribution in [3.8, 4) is 5.75 Å². The van der Waals surface area contributed by atoms with Crippen LogP contribution in [0.3, 0.4) is 0 Å². The van der Waals surface area contributed by atoms with Crippen molar-refractivity contribution in [2.24, 2.45) is 0 Å². The predicted molar refractivity (Wildman–Crippen MR) is 74.5 cm³/mol. The minimum atomic E-state index is -0.0829. The Morgan fingerprint density at radius 1 is 1.25 bits per heavy atom. The first-order valence-electron chi connectivity index (χ1n) is 6.61. The lowest BCUT2D eigenvalue weighted by Gasteiger charge is -2.34. The van der Waals surface area contributed by atoms with Crippen molar-refractivity contribution < 1.29 is 14.7 Å². The largest absolute Gasteiger partial charge is 0.508 e. The van der Waals surface area contributed by atoms with Gasteiger partial charge >= 0.3 is 0 Å². The van der Waals surface area contributed by atoms with E-state index in [1.807, 2.05) is 4.90 Å². The molecule has 1 saturated heterocycles. The van der Waals surface area contributed by atoms with Crippen molar-refractivity contribution in [2.75, 3.05) is 39.8 Å². The molecule has 2 amide bonds. The lowest BCUT2D eigenvalue weighted by molar-refractivity contribution is -0.122. The highest BCUT2D eigenvalue weighted by Gasteiger charge is 2.23. The lowest BCUT2D eigenvalue weighted by Crippen LogP contribution is -2.50. The quantitative estimate of drug-likeness (QED) is 0.809. The summed E-state index contributed by atoms with van der Waals surface area (Å²) in [6.07, 6.45) is 0. The number of phenolic OH excluding ortho intramolecular Hbond substituents is 1. The number of piperazine rings is 1. The molecule has 20 heavy (non-hydrogen) atoms. The molecule has 0 aromatic heterocycles. The average molecular weight is 277 g/mol. The van der Waals surface area contributed by atoms with Crippen LogP contribution in [0.1, 0.15) is 10.4 Å². The van der Waals surface area contributed by atoms with Gasteiger partial charge in [0.25, 0.3) is 5.91 Å². The van der Waals surface area contributed by atoms with Crippen molar-refractivity contribution in [1.82, 2.24) is 15.1 Å². The molecule has 6 heteroatoms. The highest BCUT2D eigenvalue weighted by Crippen LogP contribution is 2.14. The summed E-state index contributed by atoms with van der Waals surface area (Å²) in [6.45, 7) is 2.90. The fourth-order valence-electron chi connectivity index (χ4n) is 2.21. The number of aromatic hydroxyl groups is 1. The van der Waals surface area contributed by atoms with E-state index in [-0.39, 0.29) is 17.6 Å². The van der Waals surface area contributed by atoms with E-state index in [2.05, 4.69) is 5.32 Å². The van der Waals surface area contributed by atoms with Gasteiger partial charge in [0.2, 0.25) is 5.91 Å². The van der Waals surface area contributed by atoms with Gasteiger partial charge in [0.05, 0.1) is 6.54 Å². The molecule has 1 aliphatic rings. The number of rotatable bonds is 3. The zero-order valence-corrected chi connectivity index (χ0v) is 11.5. The first-order chi connectivity index (χ1) is 9.60. The molecule has 0 aliphatic carbocycles. The number of amides is 2. The molecule has 0 atom stereocenters. The Labute approximate surface area is 118 Å². The topological polar surface area (TPSA) is 72.9 Å². The summed E-state index contributed by atoms with van der Waals surface area (Å²) in [5.41, 5.74) is 0.491. The maximum atomic E-state index is 12.3. The molecule has 1 aromatic carbocycles. The highest BCUT2D eigenvalue weighted by atomic mass is 16.3. The van der Waals surface area contributed by atoms with Crippen molar-refractivity contribution in [3.63, 3.8) is 0 Å². The maximum absolute atomic E-state index is 12.3. The maximum Gasteiger partial charge on any atom is 0.254 e. The Morgan fingerprint density at radius 3 is 2.55 bits per heavy atom. The molecule has 108 valence electrons. The third-order valence-corrected chi connectivity index (χ3v) is 3.40. The molecule has 0 saturated carbocycles. The van der Waals surface area contributed by atoms with E-state index < -0.39 is 0 Å². The van der Waals surface area contributed by atoms with Crippen molar-refractivity contribution >= 4 is 11.8 Å². The van der Waals surface area contributed by atoms with Crippen LogP contribution in [0.25, 0.3) is 0 Å². The monoisotopic (exact) mass is 277 g/mol. The Kier molecular flexibility index (Phi) is 4.57. The van der Waals surface area contributed by atoms with Gasteiger partial charge in [0.1, 0.15) is 5.75 Å². The summed E-state index contributed by atoms with van der Waals surface area (Å²) in [5.74, 6) is -0.00708. The van der Waals surface area contributed by atoms with Gasteiger partial charge in [0.15, 0.2) is 0 Å². The second-order valence-electron chi connectivity index (χ2n) is 4.79. The van der Waals surface area contributed by atoms with Crippen molar-refractivity contribution in [1.29, 1.82) is 0 Å². The summed E-state index contributed by atoms with van der Waals surface area (Å²) in [6, 6.07) is 6.36. The molecule has 1 aromatic rings. The molecular formula is C14H19N3O3. The molecule has 2 N–H and O–H groups in total. The number of nitrogens with zero attached hydrogens (tertiary/aromatic N) is 2. The number of nitrogens with one attached hydrogen (secondary N) is 1. The second kappa shape index (κ2) is 6.38. The third-order valence-electron chi connectivity index (χ3n) is 3.40. The Morgan fingerprint density at radius 2 is 1.95 bits per heavy atom. The standard InChI is InChI=1S/C14H19N3O3/c1-15-13(19)10-16-5-7-17(8-6-16)14(20)11-3-2-4-12(18)9-11/h2-4,9,18H,5-8,10H2,1H3,(H,15,19). The van der Waals surface area contributed by atoms with Crippen LogP contribution in [0.4, 0.5) is 0 Å². The number of carbonyl (C=O) groups excluding carboxylic acids is 2. The average Bonchev–Trinajstić information content (AvgIpc) is 2.47. The highest BCUT2D eigenvalue weighted by molar-refractivity contribution is 5.94. The van der Waals surface area contributed by atoms with Crippen LogP contribution in [-0.4, -0.2) is 66.5 Å². The van der Waals surface area contributed by atoms with Crippen molar-refractivity contribution in [2.45, 2.75) is 0 Å². The molecule has 0 unspecified atom stereocenters. The Balaban J connectivity index is 1.90. The summed E-state index contributed by atoms with van der Waals surface area (Å²) in [5, 5.41) is 12.0. The summed E-state index contributed by atoms with van der Waals surface area (Å²) >= 11 is 0. The third kappa shape index (κ3) is 3.48. The van der Waals surface area contributed by atoms with Crippen LogP contribution in [0.15, 0.2) is 24.3 Å². The van der Waals surface area contributed by atoms with E-state index in [0.717, 1.165) is 0 Å². The van der Waals surface area contributed by atoms with E-state index in [1.165, 1.54) is 12.1 Å². The van der Waals surface area contributed by atoms with Gasteiger partial charge in [-0.1, -0.05) is 6.07 Å². The number of hydrogen-bond acceptors (Lipinski definition) is 4. The molecule has 1 aliphatic heterocycles. The molecule has 0 radical (unpaired) electrons. The summed E-state index contributed by atoms with van der Waals surface area (Å²) in [4.78, 5) is 27.3. The molecule has 1 fully saturated rings. The van der Waals surface area contributed by atoms with E-state index >= 15 is 0 Å². The number of hydrogen-bond donors (Lipinski definition) is 2. The van der Waals surface area contributed by atoms with E-state index in [0.29, 0.717) is 38.3 Å². The SMILES string of the molecule is CNC(=O)CN1CCN(C(=O)c2cccc(O)c2)CC1. The minimum Gasteiger partial charge on any atom is -0.508 e. The normalized spacial score (nSPS) is 15.9. The van der Waals surface area contributed by atoms with Gasteiger partial charge in [0, 0.05) is 38.8 Å². The van der Waals surface area contributed by atoms with Gasteiger partial charge in [-0.05, 0) is 18.2 Å². The van der Waals surface area contributed by atoms with Crippen molar-refractivity contribution in [3.05, 3.63) is 29.8 Å². The molecule has 6 nitrogen and oxygen atoms in total. The summed E-state index contributed by atoms with van der Waals surface area (Å²) in [7, 11) is 1.62. The first-order valence-corrected chi connectivity index (χ1v) is 6.61. The van der Waals surface area contributed by atoms with Crippen LogP contribution in [0, 0.1) is 0 Å².